The first-order chi connectivity index (χ1) is 10.1. The van der Waals surface area contributed by atoms with E-state index < -0.39 is 0 Å². The van der Waals surface area contributed by atoms with Crippen molar-refractivity contribution in [2.75, 3.05) is 6.54 Å². The third-order valence-corrected chi connectivity index (χ3v) is 3.58. The Bertz CT molecular complexity index is 589. The second kappa shape index (κ2) is 6.76. The fraction of sp³-hybridized carbons (Fsp3) is 0.471. The Morgan fingerprint density at radius 1 is 0.905 bits per heavy atom. The molecule has 0 amide bonds. The number of nitrogens with zero attached hydrogens (tertiary/aromatic N) is 3. The summed E-state index contributed by atoms with van der Waals surface area (Å²) in [6.45, 7) is 8.90. The monoisotopic (exact) mass is 284 g/mol. The van der Waals surface area contributed by atoms with Gasteiger partial charge in [0.2, 0.25) is 0 Å². The van der Waals surface area contributed by atoms with Crippen LogP contribution in [0.1, 0.15) is 42.2 Å². The third kappa shape index (κ3) is 3.45. The molecule has 0 unspecified atom stereocenters. The van der Waals surface area contributed by atoms with E-state index >= 15 is 0 Å². The van der Waals surface area contributed by atoms with Gasteiger partial charge in [0.05, 0.1) is 0 Å². The summed E-state index contributed by atoms with van der Waals surface area (Å²) in [7, 11) is 0. The van der Waals surface area contributed by atoms with E-state index in [-0.39, 0.29) is 0 Å². The molecule has 2 rings (SSSR count). The molecular formula is C17H24N4. The smallest absolute Gasteiger partial charge is 0.159 e. The van der Waals surface area contributed by atoms with Gasteiger partial charge in [-0.25, -0.2) is 9.97 Å². The Kier molecular flexibility index (Phi) is 5.02. The van der Waals surface area contributed by atoms with Gasteiger partial charge < -0.3 is 5.73 Å². The fourth-order valence-corrected chi connectivity index (χ4v) is 2.69. The highest BCUT2D eigenvalue weighted by Gasteiger charge is 2.13. The molecule has 0 aliphatic rings. The van der Waals surface area contributed by atoms with Crippen molar-refractivity contribution in [3.8, 4) is 11.4 Å². The molecule has 2 aromatic rings. The lowest BCUT2D eigenvalue weighted by Crippen LogP contribution is -2.12. The van der Waals surface area contributed by atoms with Gasteiger partial charge in [0.25, 0.3) is 0 Å². The lowest BCUT2D eigenvalue weighted by Gasteiger charge is -2.14. The minimum atomic E-state index is 0.635. The molecule has 0 aliphatic carbocycles. The molecule has 0 spiro atoms. The van der Waals surface area contributed by atoms with Crippen molar-refractivity contribution < 1.29 is 0 Å². The van der Waals surface area contributed by atoms with E-state index in [1.54, 1.807) is 0 Å². The van der Waals surface area contributed by atoms with Crippen LogP contribution in [0.15, 0.2) is 12.1 Å². The van der Waals surface area contributed by atoms with Gasteiger partial charge >= 0.3 is 0 Å². The van der Waals surface area contributed by atoms with E-state index in [0.717, 1.165) is 53.4 Å². The summed E-state index contributed by atoms with van der Waals surface area (Å²) in [6.07, 6.45) is 2.66. The summed E-state index contributed by atoms with van der Waals surface area (Å²) in [6, 6.07) is 4.09. The molecule has 0 saturated heterocycles. The molecule has 0 fully saturated rings. The maximum Gasteiger partial charge on any atom is 0.159 e. The molecule has 0 radical (unpaired) electrons. The van der Waals surface area contributed by atoms with E-state index in [9.17, 15) is 0 Å². The first-order valence-corrected chi connectivity index (χ1v) is 7.63. The highest BCUT2D eigenvalue weighted by atomic mass is 14.9. The molecule has 2 heterocycles. The summed E-state index contributed by atoms with van der Waals surface area (Å²) in [5.74, 6) is 0.804. The van der Waals surface area contributed by atoms with Gasteiger partial charge in [0, 0.05) is 28.3 Å². The minimum absolute atomic E-state index is 0.635. The molecule has 2 N–H and O–H groups in total. The maximum atomic E-state index is 5.73. The SMILES string of the molecule is CCc1nc(-c2cc(C)nc(C)c2)nc(CC)c1CCN. The van der Waals surface area contributed by atoms with Crippen LogP contribution in [0.5, 0.6) is 0 Å². The van der Waals surface area contributed by atoms with Crippen LogP contribution >= 0.6 is 0 Å². The Morgan fingerprint density at radius 3 is 1.86 bits per heavy atom. The number of aromatic nitrogens is 3. The number of hydrogen-bond acceptors (Lipinski definition) is 4. The van der Waals surface area contributed by atoms with Crippen molar-refractivity contribution in [2.45, 2.75) is 47.0 Å². The topological polar surface area (TPSA) is 64.7 Å². The standard InChI is InChI=1S/C17H24N4/c1-5-15-14(7-8-18)16(6-2)21-17(20-15)13-9-11(3)19-12(4)10-13/h9-10H,5-8,18H2,1-4H3. The quantitative estimate of drug-likeness (QED) is 0.917. The molecule has 112 valence electrons. The van der Waals surface area contributed by atoms with Crippen molar-refractivity contribution >= 4 is 0 Å². The molecule has 0 aliphatic heterocycles. The zero-order valence-electron chi connectivity index (χ0n) is 13.4. The summed E-state index contributed by atoms with van der Waals surface area (Å²) in [5.41, 5.74) is 12.2. The Labute approximate surface area is 126 Å². The summed E-state index contributed by atoms with van der Waals surface area (Å²) in [4.78, 5) is 14.0. The molecule has 4 nitrogen and oxygen atoms in total. The van der Waals surface area contributed by atoms with Gasteiger partial charge in [-0.15, -0.1) is 0 Å². The van der Waals surface area contributed by atoms with E-state index in [2.05, 4.69) is 18.8 Å². The number of aryl methyl sites for hydroxylation is 4. The predicted octanol–water partition coefficient (Wildman–Crippen LogP) is 2.78. The summed E-state index contributed by atoms with van der Waals surface area (Å²) < 4.78 is 0. The largest absolute Gasteiger partial charge is 0.330 e. The van der Waals surface area contributed by atoms with Crippen molar-refractivity contribution in [1.82, 2.24) is 15.0 Å². The third-order valence-electron chi connectivity index (χ3n) is 3.58. The lowest BCUT2D eigenvalue weighted by atomic mass is 10.0. The average Bonchev–Trinajstić information content (AvgIpc) is 2.46. The number of rotatable bonds is 5. The lowest BCUT2D eigenvalue weighted by molar-refractivity contribution is 0.844. The van der Waals surface area contributed by atoms with Crippen molar-refractivity contribution in [1.29, 1.82) is 0 Å². The van der Waals surface area contributed by atoms with Gasteiger partial charge in [-0.3, -0.25) is 4.98 Å². The summed E-state index contributed by atoms with van der Waals surface area (Å²) in [5, 5.41) is 0. The Hall–Kier alpha value is -1.81. The number of hydrogen-bond donors (Lipinski definition) is 1. The minimum Gasteiger partial charge on any atom is -0.330 e. The number of nitrogens with two attached hydrogens (primary N) is 1. The van der Waals surface area contributed by atoms with Gasteiger partial charge in [-0.05, 0) is 57.4 Å². The van der Waals surface area contributed by atoms with Gasteiger partial charge in [-0.2, -0.15) is 0 Å². The van der Waals surface area contributed by atoms with E-state index in [0.29, 0.717) is 6.54 Å². The highest BCUT2D eigenvalue weighted by molar-refractivity contribution is 5.57. The molecule has 0 atom stereocenters. The fourth-order valence-electron chi connectivity index (χ4n) is 2.69. The molecule has 0 saturated carbocycles. The van der Waals surface area contributed by atoms with Crippen molar-refractivity contribution in [3.63, 3.8) is 0 Å². The molecule has 0 bridgehead atoms. The molecule has 2 aromatic heterocycles. The highest BCUT2D eigenvalue weighted by Crippen LogP contribution is 2.22. The van der Waals surface area contributed by atoms with E-state index in [1.165, 1.54) is 5.56 Å². The molecule has 4 heteroatoms. The van der Waals surface area contributed by atoms with Crippen LogP contribution in [-0.2, 0) is 19.3 Å². The zero-order chi connectivity index (χ0) is 15.4. The van der Waals surface area contributed by atoms with Gasteiger partial charge in [0.1, 0.15) is 0 Å². The van der Waals surface area contributed by atoms with Crippen LogP contribution in [-0.4, -0.2) is 21.5 Å². The summed E-state index contributed by atoms with van der Waals surface area (Å²) >= 11 is 0. The van der Waals surface area contributed by atoms with Crippen LogP contribution in [0.2, 0.25) is 0 Å². The van der Waals surface area contributed by atoms with E-state index in [4.69, 9.17) is 15.7 Å². The predicted molar refractivity (Wildman–Crippen MR) is 86.3 cm³/mol. The molecule has 0 aromatic carbocycles. The van der Waals surface area contributed by atoms with Crippen LogP contribution in [0.4, 0.5) is 0 Å². The van der Waals surface area contributed by atoms with Gasteiger partial charge in [0.15, 0.2) is 5.82 Å². The van der Waals surface area contributed by atoms with E-state index in [1.807, 2.05) is 26.0 Å². The van der Waals surface area contributed by atoms with Crippen molar-refractivity contribution in [3.05, 3.63) is 40.5 Å². The maximum absolute atomic E-state index is 5.73. The van der Waals surface area contributed by atoms with Gasteiger partial charge in [-0.1, -0.05) is 13.8 Å². The second-order valence-corrected chi connectivity index (χ2v) is 5.30. The Morgan fingerprint density at radius 2 is 1.43 bits per heavy atom. The molecule has 21 heavy (non-hydrogen) atoms. The van der Waals surface area contributed by atoms with Crippen LogP contribution in [0.3, 0.4) is 0 Å². The van der Waals surface area contributed by atoms with Crippen molar-refractivity contribution in [2.24, 2.45) is 5.73 Å². The zero-order valence-corrected chi connectivity index (χ0v) is 13.4. The second-order valence-electron chi connectivity index (χ2n) is 5.30. The van der Waals surface area contributed by atoms with Crippen LogP contribution < -0.4 is 5.73 Å². The van der Waals surface area contributed by atoms with Crippen LogP contribution in [0, 0.1) is 13.8 Å². The number of pyridine rings is 1. The first-order valence-electron chi connectivity index (χ1n) is 7.63. The normalized spacial score (nSPS) is 10.9. The first kappa shape index (κ1) is 15.6. The average molecular weight is 284 g/mol. The molecular weight excluding hydrogens is 260 g/mol. The van der Waals surface area contributed by atoms with Crippen LogP contribution in [0.25, 0.3) is 11.4 Å². The Balaban J connectivity index is 2.59.